The molecule has 0 atom stereocenters. The molecule has 0 fully saturated rings. The highest BCUT2D eigenvalue weighted by Crippen LogP contribution is 2.29. The van der Waals surface area contributed by atoms with Gasteiger partial charge in [-0.15, -0.1) is 0 Å². The lowest BCUT2D eigenvalue weighted by molar-refractivity contribution is 0.280. The van der Waals surface area contributed by atoms with Crippen molar-refractivity contribution in [3.63, 3.8) is 0 Å². The van der Waals surface area contributed by atoms with Crippen LogP contribution in [0.2, 0.25) is 0 Å². The molecule has 0 aliphatic rings. The maximum atomic E-state index is 5.99. The van der Waals surface area contributed by atoms with E-state index < -0.39 is 0 Å². The summed E-state index contributed by atoms with van der Waals surface area (Å²) in [6.07, 6.45) is 4.05. The third-order valence-electron chi connectivity index (χ3n) is 4.67. The van der Waals surface area contributed by atoms with Crippen LogP contribution in [0.5, 0.6) is 11.5 Å². The second-order valence-corrected chi connectivity index (χ2v) is 6.49. The molecule has 4 heteroatoms. The Morgan fingerprint density at radius 3 is 2.54 bits per heavy atom. The minimum atomic E-state index is 0.554. The van der Waals surface area contributed by atoms with Crippen molar-refractivity contribution in [3.8, 4) is 11.5 Å². The van der Waals surface area contributed by atoms with E-state index in [4.69, 9.17) is 9.47 Å². The van der Waals surface area contributed by atoms with Crippen LogP contribution in [-0.2, 0) is 6.54 Å². The fraction of sp³-hybridized carbons (Fsp3) is 0.318. The first-order valence-electron chi connectivity index (χ1n) is 8.91. The minimum absolute atomic E-state index is 0.554. The van der Waals surface area contributed by atoms with Crippen LogP contribution >= 0.6 is 0 Å². The average molecular weight is 350 g/mol. The van der Waals surface area contributed by atoms with Crippen molar-refractivity contribution in [1.29, 1.82) is 0 Å². The molecule has 1 aromatic heterocycles. The molecule has 0 saturated heterocycles. The van der Waals surface area contributed by atoms with Crippen molar-refractivity contribution >= 4 is 17.1 Å². The van der Waals surface area contributed by atoms with Crippen LogP contribution in [0.15, 0.2) is 36.4 Å². The quantitative estimate of drug-likeness (QED) is 0.622. The number of hydrogen-bond acceptors (Lipinski definition) is 3. The number of nitrogens with zero attached hydrogens (tertiary/aromatic N) is 2. The smallest absolute Gasteiger partial charge is 0.161 e. The highest BCUT2D eigenvalue weighted by molar-refractivity contribution is 5.78. The molecular formula is C22H26N2O2. The molecule has 26 heavy (non-hydrogen) atoms. The van der Waals surface area contributed by atoms with Gasteiger partial charge in [0, 0.05) is 0 Å². The highest BCUT2D eigenvalue weighted by Gasteiger charge is 2.10. The molecule has 0 amide bonds. The van der Waals surface area contributed by atoms with Crippen LogP contribution in [0, 0.1) is 20.8 Å². The summed E-state index contributed by atoms with van der Waals surface area (Å²) in [5, 5.41) is 0. The summed E-state index contributed by atoms with van der Waals surface area (Å²) in [5.41, 5.74) is 5.84. The molecule has 3 aromatic rings. The topological polar surface area (TPSA) is 36.3 Å². The molecule has 0 bridgehead atoms. The fourth-order valence-electron chi connectivity index (χ4n) is 3.13. The van der Waals surface area contributed by atoms with Crippen molar-refractivity contribution in [2.75, 3.05) is 13.7 Å². The Bertz CT molecular complexity index is 954. The zero-order valence-electron chi connectivity index (χ0n) is 16.2. The summed E-state index contributed by atoms with van der Waals surface area (Å²) in [4.78, 5) is 4.68. The van der Waals surface area contributed by atoms with E-state index in [2.05, 4.69) is 35.5 Å². The number of aromatic nitrogens is 2. The van der Waals surface area contributed by atoms with E-state index in [0.29, 0.717) is 6.61 Å². The van der Waals surface area contributed by atoms with Gasteiger partial charge in [0.1, 0.15) is 12.4 Å². The number of allylic oxidation sites excluding steroid dienone is 1. The number of aryl methyl sites for hydroxylation is 3. The molecule has 4 nitrogen and oxygen atoms in total. The van der Waals surface area contributed by atoms with Crippen LogP contribution in [0.4, 0.5) is 0 Å². The van der Waals surface area contributed by atoms with Crippen molar-refractivity contribution in [2.24, 2.45) is 0 Å². The Hall–Kier alpha value is -2.75. The lowest BCUT2D eigenvalue weighted by Crippen LogP contribution is -2.10. The summed E-state index contributed by atoms with van der Waals surface area (Å²) in [5.74, 6) is 2.51. The normalized spacial score (nSPS) is 11.4. The zero-order chi connectivity index (χ0) is 18.7. The van der Waals surface area contributed by atoms with Gasteiger partial charge >= 0.3 is 0 Å². The Kier molecular flexibility index (Phi) is 5.31. The van der Waals surface area contributed by atoms with Gasteiger partial charge < -0.3 is 14.0 Å². The number of hydrogen-bond donors (Lipinski definition) is 0. The number of rotatable bonds is 6. The molecule has 0 aliphatic heterocycles. The lowest BCUT2D eigenvalue weighted by atomic mass is 10.1. The molecule has 0 spiro atoms. The lowest BCUT2D eigenvalue weighted by Gasteiger charge is -2.13. The van der Waals surface area contributed by atoms with E-state index in [9.17, 15) is 0 Å². The van der Waals surface area contributed by atoms with Gasteiger partial charge in [-0.25, -0.2) is 4.98 Å². The monoisotopic (exact) mass is 350 g/mol. The summed E-state index contributed by atoms with van der Waals surface area (Å²) in [6, 6.07) is 10.3. The van der Waals surface area contributed by atoms with E-state index in [0.717, 1.165) is 40.5 Å². The van der Waals surface area contributed by atoms with E-state index in [-0.39, 0.29) is 0 Å². The van der Waals surface area contributed by atoms with E-state index in [1.165, 1.54) is 11.1 Å². The molecule has 3 rings (SSSR count). The number of benzene rings is 2. The van der Waals surface area contributed by atoms with Crippen LogP contribution in [0.25, 0.3) is 17.1 Å². The first kappa shape index (κ1) is 18.1. The standard InChI is InChI=1S/C22H26N2O2/c1-6-7-18-8-9-21(22(14-18)25-5)26-11-10-24-17(4)23-19-12-15(2)16(3)13-20(19)24/h6-9,12-14H,10-11H2,1-5H3. The van der Waals surface area contributed by atoms with Gasteiger partial charge in [-0.05, 0) is 68.7 Å². The van der Waals surface area contributed by atoms with E-state index in [1.807, 2.05) is 44.2 Å². The molecule has 0 saturated carbocycles. The summed E-state index contributed by atoms with van der Waals surface area (Å²) < 4.78 is 13.7. The second-order valence-electron chi connectivity index (χ2n) is 6.49. The van der Waals surface area contributed by atoms with Gasteiger partial charge in [-0.2, -0.15) is 0 Å². The predicted octanol–water partition coefficient (Wildman–Crippen LogP) is 5.08. The van der Waals surface area contributed by atoms with Gasteiger partial charge in [-0.1, -0.05) is 18.2 Å². The largest absolute Gasteiger partial charge is 0.493 e. The number of methoxy groups -OCH3 is 1. The van der Waals surface area contributed by atoms with Crippen molar-refractivity contribution < 1.29 is 9.47 Å². The first-order chi connectivity index (χ1) is 12.5. The Morgan fingerprint density at radius 2 is 1.81 bits per heavy atom. The van der Waals surface area contributed by atoms with Crippen molar-refractivity contribution in [1.82, 2.24) is 9.55 Å². The fourth-order valence-corrected chi connectivity index (χ4v) is 3.13. The zero-order valence-corrected chi connectivity index (χ0v) is 16.2. The van der Waals surface area contributed by atoms with E-state index >= 15 is 0 Å². The number of imidazole rings is 1. The van der Waals surface area contributed by atoms with Crippen LogP contribution in [0.3, 0.4) is 0 Å². The SMILES string of the molecule is CC=Cc1ccc(OCCn2c(C)nc3cc(C)c(C)cc32)c(OC)c1. The van der Waals surface area contributed by atoms with Gasteiger partial charge in [0.15, 0.2) is 11.5 Å². The van der Waals surface area contributed by atoms with Gasteiger partial charge in [-0.3, -0.25) is 0 Å². The Morgan fingerprint density at radius 1 is 1.04 bits per heavy atom. The molecule has 0 N–H and O–H groups in total. The third kappa shape index (κ3) is 3.59. The number of ether oxygens (including phenoxy) is 2. The van der Waals surface area contributed by atoms with Gasteiger partial charge in [0.2, 0.25) is 0 Å². The average Bonchev–Trinajstić information content (AvgIpc) is 2.91. The molecule has 2 aromatic carbocycles. The molecule has 136 valence electrons. The predicted molar refractivity (Wildman–Crippen MR) is 107 cm³/mol. The summed E-state index contributed by atoms with van der Waals surface area (Å²) >= 11 is 0. The minimum Gasteiger partial charge on any atom is -0.493 e. The van der Waals surface area contributed by atoms with Crippen LogP contribution in [-0.4, -0.2) is 23.3 Å². The molecule has 0 unspecified atom stereocenters. The van der Waals surface area contributed by atoms with Gasteiger partial charge in [0.25, 0.3) is 0 Å². The second kappa shape index (κ2) is 7.65. The maximum Gasteiger partial charge on any atom is 0.161 e. The highest BCUT2D eigenvalue weighted by atomic mass is 16.5. The van der Waals surface area contributed by atoms with Crippen molar-refractivity contribution in [2.45, 2.75) is 34.2 Å². The summed E-state index contributed by atoms with van der Waals surface area (Å²) in [7, 11) is 1.67. The molecule has 1 heterocycles. The van der Waals surface area contributed by atoms with Crippen LogP contribution in [0.1, 0.15) is 29.4 Å². The van der Waals surface area contributed by atoms with Gasteiger partial charge in [0.05, 0.1) is 24.7 Å². The molecule has 0 aliphatic carbocycles. The number of fused-ring (bicyclic) bond motifs is 1. The Labute approximate surface area is 155 Å². The molecule has 0 radical (unpaired) electrons. The summed E-state index contributed by atoms with van der Waals surface area (Å²) in [6.45, 7) is 9.59. The molecular weight excluding hydrogens is 324 g/mol. The maximum absolute atomic E-state index is 5.99. The van der Waals surface area contributed by atoms with Crippen LogP contribution < -0.4 is 9.47 Å². The van der Waals surface area contributed by atoms with Crippen molar-refractivity contribution in [3.05, 3.63) is 58.9 Å². The Balaban J connectivity index is 1.77. The third-order valence-corrected chi connectivity index (χ3v) is 4.67. The first-order valence-corrected chi connectivity index (χ1v) is 8.91. The van der Waals surface area contributed by atoms with E-state index in [1.54, 1.807) is 7.11 Å².